The van der Waals surface area contributed by atoms with Crippen LogP contribution in [0.15, 0.2) is 23.1 Å². The number of nitrogens with two attached hydrogens (primary N) is 1. The first-order valence-corrected chi connectivity index (χ1v) is 7.36. The lowest BCUT2D eigenvalue weighted by Gasteiger charge is -2.14. The standard InChI is InChI=1S/C11H14ClNO2S/c1-16(14,15)10-3-2-8(6-9(10)12)11(7-13)4-5-11/h2-3,6H,4-5,7,13H2,1H3. The largest absolute Gasteiger partial charge is 0.330 e. The molecule has 1 aliphatic rings. The number of hydrogen-bond donors (Lipinski definition) is 1. The van der Waals surface area contributed by atoms with E-state index in [-0.39, 0.29) is 10.3 Å². The Labute approximate surface area is 101 Å². The fourth-order valence-electron chi connectivity index (χ4n) is 1.89. The van der Waals surface area contributed by atoms with Gasteiger partial charge in [-0.05, 0) is 30.5 Å². The summed E-state index contributed by atoms with van der Waals surface area (Å²) in [5.41, 5.74) is 6.80. The normalized spacial score (nSPS) is 18.4. The average molecular weight is 260 g/mol. The maximum atomic E-state index is 11.4. The molecule has 0 aromatic heterocycles. The summed E-state index contributed by atoms with van der Waals surface area (Å²) >= 11 is 5.98. The number of sulfone groups is 1. The second-order valence-corrected chi connectivity index (χ2v) is 6.79. The highest BCUT2D eigenvalue weighted by molar-refractivity contribution is 7.90. The zero-order chi connectivity index (χ0) is 12.0. The maximum absolute atomic E-state index is 11.4. The summed E-state index contributed by atoms with van der Waals surface area (Å²) in [6.07, 6.45) is 3.26. The molecule has 0 atom stereocenters. The fraction of sp³-hybridized carbons (Fsp3) is 0.455. The van der Waals surface area contributed by atoms with Crippen LogP contribution in [0.5, 0.6) is 0 Å². The van der Waals surface area contributed by atoms with Crippen LogP contribution in [0.1, 0.15) is 18.4 Å². The van der Waals surface area contributed by atoms with E-state index in [2.05, 4.69) is 0 Å². The lowest BCUT2D eigenvalue weighted by molar-refractivity contribution is 0.601. The maximum Gasteiger partial charge on any atom is 0.176 e. The van der Waals surface area contributed by atoms with E-state index in [9.17, 15) is 8.42 Å². The highest BCUT2D eigenvalue weighted by Crippen LogP contribution is 2.48. The minimum absolute atomic E-state index is 0.0413. The number of rotatable bonds is 3. The molecule has 1 aliphatic carbocycles. The molecule has 1 saturated carbocycles. The Bertz CT molecular complexity index is 521. The van der Waals surface area contributed by atoms with Crippen LogP contribution in [0.2, 0.25) is 5.02 Å². The van der Waals surface area contributed by atoms with Gasteiger partial charge in [0.05, 0.1) is 9.92 Å². The SMILES string of the molecule is CS(=O)(=O)c1ccc(C2(CN)CC2)cc1Cl. The zero-order valence-corrected chi connectivity index (χ0v) is 10.6. The summed E-state index contributed by atoms with van der Waals surface area (Å²) in [5.74, 6) is 0. The van der Waals surface area contributed by atoms with Gasteiger partial charge in [-0.1, -0.05) is 17.7 Å². The molecule has 1 fully saturated rings. The summed E-state index contributed by atoms with van der Waals surface area (Å²) in [7, 11) is -3.25. The second-order valence-electron chi connectivity index (χ2n) is 4.40. The van der Waals surface area contributed by atoms with Crippen LogP contribution in [-0.4, -0.2) is 21.2 Å². The molecule has 2 rings (SSSR count). The highest BCUT2D eigenvalue weighted by atomic mass is 35.5. The summed E-state index contributed by atoms with van der Waals surface area (Å²) in [5, 5.41) is 0.291. The van der Waals surface area contributed by atoms with E-state index >= 15 is 0 Å². The van der Waals surface area contributed by atoms with E-state index in [0.717, 1.165) is 24.7 Å². The molecule has 1 aromatic rings. The molecular weight excluding hydrogens is 246 g/mol. The lowest BCUT2D eigenvalue weighted by atomic mass is 9.96. The minimum atomic E-state index is -3.25. The molecule has 0 spiro atoms. The first kappa shape index (κ1) is 11.9. The van der Waals surface area contributed by atoms with Crippen LogP contribution in [0.25, 0.3) is 0 Å². The van der Waals surface area contributed by atoms with Gasteiger partial charge in [0.2, 0.25) is 0 Å². The van der Waals surface area contributed by atoms with Gasteiger partial charge in [0, 0.05) is 18.2 Å². The van der Waals surface area contributed by atoms with Crippen molar-refractivity contribution in [1.29, 1.82) is 0 Å². The zero-order valence-electron chi connectivity index (χ0n) is 9.03. The predicted octanol–water partition coefficient (Wildman–Crippen LogP) is 1.73. The topological polar surface area (TPSA) is 60.2 Å². The van der Waals surface area contributed by atoms with Crippen molar-refractivity contribution in [2.45, 2.75) is 23.2 Å². The molecule has 88 valence electrons. The van der Waals surface area contributed by atoms with Gasteiger partial charge in [0.25, 0.3) is 0 Å². The Morgan fingerprint density at radius 1 is 1.44 bits per heavy atom. The van der Waals surface area contributed by atoms with E-state index in [0.29, 0.717) is 11.6 Å². The molecule has 3 nitrogen and oxygen atoms in total. The van der Waals surface area contributed by atoms with E-state index in [1.54, 1.807) is 12.1 Å². The Hall–Kier alpha value is -0.580. The van der Waals surface area contributed by atoms with Gasteiger partial charge in [-0.15, -0.1) is 0 Å². The fourth-order valence-corrected chi connectivity index (χ4v) is 3.22. The Balaban J connectivity index is 2.45. The molecule has 2 N–H and O–H groups in total. The van der Waals surface area contributed by atoms with Gasteiger partial charge < -0.3 is 5.73 Å². The van der Waals surface area contributed by atoms with Gasteiger partial charge >= 0.3 is 0 Å². The van der Waals surface area contributed by atoms with Crippen molar-refractivity contribution in [2.75, 3.05) is 12.8 Å². The summed E-state index contributed by atoms with van der Waals surface area (Å²) in [4.78, 5) is 0.186. The Morgan fingerprint density at radius 2 is 2.06 bits per heavy atom. The molecule has 0 aliphatic heterocycles. The summed E-state index contributed by atoms with van der Waals surface area (Å²) in [6.45, 7) is 0.585. The third kappa shape index (κ3) is 1.97. The quantitative estimate of drug-likeness (QED) is 0.899. The first-order valence-electron chi connectivity index (χ1n) is 5.09. The molecular formula is C11H14ClNO2S. The monoisotopic (exact) mass is 259 g/mol. The average Bonchev–Trinajstić information content (AvgIpc) is 2.96. The van der Waals surface area contributed by atoms with E-state index in [1.165, 1.54) is 0 Å². The van der Waals surface area contributed by atoms with Crippen molar-refractivity contribution in [3.05, 3.63) is 28.8 Å². The third-order valence-electron chi connectivity index (χ3n) is 3.19. The molecule has 0 bridgehead atoms. The van der Waals surface area contributed by atoms with Crippen LogP contribution < -0.4 is 5.73 Å². The number of hydrogen-bond acceptors (Lipinski definition) is 3. The first-order chi connectivity index (χ1) is 7.39. The van der Waals surface area contributed by atoms with Gasteiger partial charge in [-0.25, -0.2) is 8.42 Å². The second kappa shape index (κ2) is 3.72. The summed E-state index contributed by atoms with van der Waals surface area (Å²) in [6, 6.07) is 5.13. The van der Waals surface area contributed by atoms with Crippen LogP contribution in [0, 0.1) is 0 Å². The molecule has 0 radical (unpaired) electrons. The van der Waals surface area contributed by atoms with E-state index < -0.39 is 9.84 Å². The van der Waals surface area contributed by atoms with Crippen LogP contribution in [0.4, 0.5) is 0 Å². The lowest BCUT2D eigenvalue weighted by Crippen LogP contribution is -2.19. The van der Waals surface area contributed by atoms with Crippen molar-refractivity contribution < 1.29 is 8.42 Å². The van der Waals surface area contributed by atoms with Crippen molar-refractivity contribution >= 4 is 21.4 Å². The Kier molecular flexibility index (Phi) is 2.77. The number of halogens is 1. The van der Waals surface area contributed by atoms with Crippen molar-refractivity contribution in [3.8, 4) is 0 Å². The van der Waals surface area contributed by atoms with E-state index in [1.807, 2.05) is 6.07 Å². The van der Waals surface area contributed by atoms with Crippen molar-refractivity contribution in [1.82, 2.24) is 0 Å². The third-order valence-corrected chi connectivity index (χ3v) is 4.77. The Morgan fingerprint density at radius 3 is 2.44 bits per heavy atom. The van der Waals surface area contributed by atoms with Gasteiger partial charge in [0.15, 0.2) is 9.84 Å². The molecule has 0 unspecified atom stereocenters. The van der Waals surface area contributed by atoms with Gasteiger partial charge in [-0.3, -0.25) is 0 Å². The molecule has 0 saturated heterocycles. The molecule has 0 heterocycles. The van der Waals surface area contributed by atoms with Crippen LogP contribution in [0.3, 0.4) is 0 Å². The van der Waals surface area contributed by atoms with E-state index in [4.69, 9.17) is 17.3 Å². The molecule has 5 heteroatoms. The van der Waals surface area contributed by atoms with Gasteiger partial charge in [-0.2, -0.15) is 0 Å². The van der Waals surface area contributed by atoms with Crippen LogP contribution in [-0.2, 0) is 15.3 Å². The summed E-state index contributed by atoms with van der Waals surface area (Å²) < 4.78 is 22.8. The number of benzene rings is 1. The van der Waals surface area contributed by atoms with Crippen LogP contribution >= 0.6 is 11.6 Å². The smallest absolute Gasteiger partial charge is 0.176 e. The van der Waals surface area contributed by atoms with Crippen molar-refractivity contribution in [3.63, 3.8) is 0 Å². The predicted molar refractivity (Wildman–Crippen MR) is 64.5 cm³/mol. The highest BCUT2D eigenvalue weighted by Gasteiger charge is 2.43. The molecule has 16 heavy (non-hydrogen) atoms. The molecule has 1 aromatic carbocycles. The minimum Gasteiger partial charge on any atom is -0.330 e. The molecule has 0 amide bonds. The van der Waals surface area contributed by atoms with Gasteiger partial charge in [0.1, 0.15) is 0 Å². The van der Waals surface area contributed by atoms with Crippen molar-refractivity contribution in [2.24, 2.45) is 5.73 Å².